The molecule has 0 unspecified atom stereocenters. The minimum Gasteiger partial charge on any atom is -0.478 e. The first-order valence-corrected chi connectivity index (χ1v) is 4.36. The maximum atomic E-state index is 10.4. The summed E-state index contributed by atoms with van der Waals surface area (Å²) < 4.78 is 4.50. The summed E-state index contributed by atoms with van der Waals surface area (Å²) in [7, 11) is 0. The zero-order valence-electron chi connectivity index (χ0n) is 8.16. The number of hydrogen-bond acceptors (Lipinski definition) is 3. The van der Waals surface area contributed by atoms with Crippen molar-refractivity contribution in [1.29, 1.82) is 0 Å². The van der Waals surface area contributed by atoms with E-state index in [1.54, 1.807) is 13.0 Å². The van der Waals surface area contributed by atoms with E-state index in [4.69, 9.17) is 10.8 Å². The summed E-state index contributed by atoms with van der Waals surface area (Å²) in [4.78, 5) is 20.5. The summed E-state index contributed by atoms with van der Waals surface area (Å²) >= 11 is 0. The molecule has 3 N–H and O–H groups in total. The predicted octanol–water partition coefficient (Wildman–Crippen LogP) is 1.28. The normalized spacial score (nSPS) is 11.1. The third kappa shape index (κ3) is 7.15. The number of ether oxygens (including phenoxy) is 1. The van der Waals surface area contributed by atoms with Crippen molar-refractivity contribution < 1.29 is 19.4 Å². The van der Waals surface area contributed by atoms with E-state index in [-0.39, 0.29) is 6.61 Å². The summed E-state index contributed by atoms with van der Waals surface area (Å²) in [6.07, 6.45) is 3.00. The lowest BCUT2D eigenvalue weighted by molar-refractivity contribution is -0.132. The van der Waals surface area contributed by atoms with Gasteiger partial charge in [-0.15, -0.1) is 0 Å². The Hall–Kier alpha value is -1.52. The summed E-state index contributed by atoms with van der Waals surface area (Å²) in [6.45, 7) is 1.83. The Morgan fingerprint density at radius 3 is 2.57 bits per heavy atom. The van der Waals surface area contributed by atoms with Crippen LogP contribution in [0.4, 0.5) is 4.79 Å². The highest BCUT2D eigenvalue weighted by Gasteiger charge is 1.98. The van der Waals surface area contributed by atoms with Crippen molar-refractivity contribution in [2.75, 3.05) is 6.61 Å². The number of aliphatic carboxylic acids is 1. The van der Waals surface area contributed by atoms with Crippen molar-refractivity contribution in [2.24, 2.45) is 5.73 Å². The minimum absolute atomic E-state index is 0.287. The van der Waals surface area contributed by atoms with Crippen LogP contribution in [0.1, 0.15) is 26.2 Å². The lowest BCUT2D eigenvalue weighted by Gasteiger charge is -1.99. The van der Waals surface area contributed by atoms with Gasteiger partial charge in [-0.3, -0.25) is 0 Å². The average molecular weight is 201 g/mol. The van der Waals surface area contributed by atoms with Crippen molar-refractivity contribution in [2.45, 2.75) is 26.2 Å². The Bertz CT molecular complexity index is 235. The van der Waals surface area contributed by atoms with Crippen LogP contribution in [0.2, 0.25) is 0 Å². The molecule has 0 fully saturated rings. The molecule has 5 heteroatoms. The van der Waals surface area contributed by atoms with E-state index in [0.717, 1.165) is 6.42 Å². The predicted molar refractivity (Wildman–Crippen MR) is 50.8 cm³/mol. The molecular weight excluding hydrogens is 186 g/mol. The molecule has 14 heavy (non-hydrogen) atoms. The number of carboxylic acid groups (broad SMARTS) is 1. The highest BCUT2D eigenvalue weighted by molar-refractivity contribution is 5.85. The number of carbonyl (C=O) groups excluding carboxylic acids is 1. The number of carboxylic acids is 1. The first-order valence-electron chi connectivity index (χ1n) is 4.36. The fourth-order valence-corrected chi connectivity index (χ4v) is 0.825. The van der Waals surface area contributed by atoms with Gasteiger partial charge < -0.3 is 15.6 Å². The molecule has 0 saturated heterocycles. The molecule has 0 rings (SSSR count). The quantitative estimate of drug-likeness (QED) is 0.500. The van der Waals surface area contributed by atoms with Gasteiger partial charge in [-0.1, -0.05) is 6.08 Å². The third-order valence-electron chi connectivity index (χ3n) is 1.63. The highest BCUT2D eigenvalue weighted by atomic mass is 16.5. The molecule has 0 heterocycles. The van der Waals surface area contributed by atoms with Gasteiger partial charge in [0, 0.05) is 5.57 Å². The number of hydrogen-bond donors (Lipinski definition) is 2. The Morgan fingerprint density at radius 1 is 1.43 bits per heavy atom. The molecule has 0 aromatic heterocycles. The molecule has 0 aliphatic heterocycles. The lowest BCUT2D eigenvalue weighted by atomic mass is 10.2. The van der Waals surface area contributed by atoms with E-state index >= 15 is 0 Å². The molecule has 0 bridgehead atoms. The second-order valence-corrected chi connectivity index (χ2v) is 2.86. The number of unbranched alkanes of at least 4 members (excludes halogenated alkanes) is 2. The number of primary amides is 1. The molecule has 0 radical (unpaired) electrons. The zero-order valence-corrected chi connectivity index (χ0v) is 8.16. The third-order valence-corrected chi connectivity index (χ3v) is 1.63. The minimum atomic E-state index is -0.904. The SMILES string of the molecule is C/C(=C\CCCCOC(N)=O)C(=O)O. The van der Waals surface area contributed by atoms with Gasteiger partial charge in [0.15, 0.2) is 0 Å². The van der Waals surface area contributed by atoms with Crippen LogP contribution >= 0.6 is 0 Å². The molecule has 0 aliphatic carbocycles. The molecule has 0 saturated carbocycles. The Morgan fingerprint density at radius 2 is 2.07 bits per heavy atom. The van der Waals surface area contributed by atoms with E-state index in [9.17, 15) is 9.59 Å². The van der Waals surface area contributed by atoms with E-state index in [1.807, 2.05) is 0 Å². The molecule has 0 aromatic carbocycles. The molecular formula is C9H15NO4. The van der Waals surface area contributed by atoms with E-state index in [0.29, 0.717) is 18.4 Å². The Balaban J connectivity index is 3.42. The molecule has 0 aliphatic rings. The summed E-state index contributed by atoms with van der Waals surface area (Å²) in [5.74, 6) is -0.904. The first-order chi connectivity index (χ1) is 6.54. The van der Waals surface area contributed by atoms with Crippen molar-refractivity contribution in [1.82, 2.24) is 0 Å². The monoisotopic (exact) mass is 201 g/mol. The van der Waals surface area contributed by atoms with Crippen molar-refractivity contribution in [3.8, 4) is 0 Å². The second-order valence-electron chi connectivity index (χ2n) is 2.86. The molecule has 0 spiro atoms. The van der Waals surface area contributed by atoms with E-state index in [2.05, 4.69) is 4.74 Å². The van der Waals surface area contributed by atoms with Crippen LogP contribution < -0.4 is 5.73 Å². The van der Waals surface area contributed by atoms with E-state index in [1.165, 1.54) is 0 Å². The fraction of sp³-hybridized carbons (Fsp3) is 0.556. The van der Waals surface area contributed by atoms with Gasteiger partial charge in [0.1, 0.15) is 0 Å². The van der Waals surface area contributed by atoms with Gasteiger partial charge >= 0.3 is 12.1 Å². The van der Waals surface area contributed by atoms with Crippen LogP contribution in [0.3, 0.4) is 0 Å². The van der Waals surface area contributed by atoms with Crippen LogP contribution in [0.5, 0.6) is 0 Å². The molecule has 0 aromatic rings. The van der Waals surface area contributed by atoms with Crippen molar-refractivity contribution in [3.63, 3.8) is 0 Å². The average Bonchev–Trinajstić information content (AvgIpc) is 2.09. The Kier molecular flexibility index (Phi) is 6.19. The number of rotatable bonds is 6. The van der Waals surface area contributed by atoms with Gasteiger partial charge in [0.2, 0.25) is 0 Å². The largest absolute Gasteiger partial charge is 0.478 e. The van der Waals surface area contributed by atoms with Crippen LogP contribution in [0, 0.1) is 0 Å². The number of nitrogens with two attached hydrogens (primary N) is 1. The standard InChI is InChI=1S/C9H15NO4/c1-7(8(11)12)5-3-2-4-6-14-9(10)13/h5H,2-4,6H2,1H3,(H2,10,13)(H,11,12)/b7-5+. The highest BCUT2D eigenvalue weighted by Crippen LogP contribution is 2.01. The van der Waals surface area contributed by atoms with Crippen molar-refractivity contribution >= 4 is 12.1 Å². The number of amides is 1. The summed E-state index contributed by atoms with van der Waals surface area (Å²) in [5.41, 5.74) is 5.08. The number of allylic oxidation sites excluding steroid dienone is 1. The molecule has 1 amide bonds. The molecule has 5 nitrogen and oxygen atoms in total. The lowest BCUT2D eigenvalue weighted by Crippen LogP contribution is -2.13. The molecule has 0 atom stereocenters. The Labute approximate surface area is 82.5 Å². The fourth-order valence-electron chi connectivity index (χ4n) is 0.825. The maximum Gasteiger partial charge on any atom is 0.404 e. The van der Waals surface area contributed by atoms with Gasteiger partial charge in [0.25, 0.3) is 0 Å². The van der Waals surface area contributed by atoms with Crippen molar-refractivity contribution in [3.05, 3.63) is 11.6 Å². The van der Waals surface area contributed by atoms with Crippen LogP contribution in [0.25, 0.3) is 0 Å². The first kappa shape index (κ1) is 12.5. The van der Waals surface area contributed by atoms with Crippen LogP contribution in [-0.2, 0) is 9.53 Å². The van der Waals surface area contributed by atoms with Gasteiger partial charge in [-0.25, -0.2) is 9.59 Å². The van der Waals surface area contributed by atoms with E-state index < -0.39 is 12.1 Å². The number of carbonyl (C=O) groups is 2. The molecule has 80 valence electrons. The van der Waals surface area contributed by atoms with Crippen LogP contribution in [0.15, 0.2) is 11.6 Å². The smallest absolute Gasteiger partial charge is 0.404 e. The summed E-state index contributed by atoms with van der Waals surface area (Å²) in [5, 5.41) is 8.50. The maximum absolute atomic E-state index is 10.4. The zero-order chi connectivity index (χ0) is 11.0. The topological polar surface area (TPSA) is 89.6 Å². The van der Waals surface area contributed by atoms with Gasteiger partial charge in [0.05, 0.1) is 6.61 Å². The van der Waals surface area contributed by atoms with Crippen LogP contribution in [-0.4, -0.2) is 23.8 Å². The van der Waals surface area contributed by atoms with Gasteiger partial charge in [-0.2, -0.15) is 0 Å². The second kappa shape index (κ2) is 6.94. The summed E-state index contributed by atoms with van der Waals surface area (Å²) in [6, 6.07) is 0. The van der Waals surface area contributed by atoms with Gasteiger partial charge in [-0.05, 0) is 26.2 Å².